The molecule has 2 aromatic heterocycles. The van der Waals surface area contributed by atoms with Crippen LogP contribution in [0.5, 0.6) is 0 Å². The van der Waals surface area contributed by atoms with Crippen molar-refractivity contribution in [2.75, 3.05) is 5.73 Å². The highest BCUT2D eigenvalue weighted by Gasteiger charge is 2.31. The van der Waals surface area contributed by atoms with Crippen LogP contribution in [-0.4, -0.2) is 4.57 Å². The van der Waals surface area contributed by atoms with Crippen LogP contribution in [0.25, 0.3) is 33.4 Å². The topological polar surface area (TPSA) is 45.1 Å². The van der Waals surface area contributed by atoms with Crippen molar-refractivity contribution in [1.82, 2.24) is 4.57 Å². The number of aryl methyl sites for hydroxylation is 1. The number of H-pyrrole nitrogens is 1. The lowest BCUT2D eigenvalue weighted by Gasteiger charge is -2.15. The first kappa shape index (κ1) is 19.8. The van der Waals surface area contributed by atoms with Crippen LogP contribution in [0.3, 0.4) is 0 Å². The SMILES string of the molecule is Nc1c2c([nH+]c3c1c(-c1ccccc1)c(-c1ccccc1)n3Cc1ccccc1)CCCC2. The van der Waals surface area contributed by atoms with Crippen LogP contribution in [0.2, 0.25) is 0 Å². The standard InChI is InChI=1S/C30H27N3/c31-28-24-18-10-11-19-25(24)32-30-27(28)26(22-14-6-2-7-15-22)29(23-16-8-3-9-17-23)33(30)20-21-12-4-1-5-13-21/h1-9,12-17H,10-11,18-20H2,(H2,31,32)/p+1. The van der Waals surface area contributed by atoms with Crippen molar-refractivity contribution < 1.29 is 4.98 Å². The van der Waals surface area contributed by atoms with Gasteiger partial charge >= 0.3 is 0 Å². The predicted molar refractivity (Wildman–Crippen MR) is 136 cm³/mol. The van der Waals surface area contributed by atoms with Crippen LogP contribution in [0.15, 0.2) is 91.0 Å². The molecule has 162 valence electrons. The molecule has 0 radical (unpaired) electrons. The second-order valence-electron chi connectivity index (χ2n) is 8.95. The molecule has 3 N–H and O–H groups in total. The highest BCUT2D eigenvalue weighted by atomic mass is 15.1. The zero-order valence-electron chi connectivity index (χ0n) is 18.7. The molecule has 0 aliphatic heterocycles. The van der Waals surface area contributed by atoms with Crippen LogP contribution in [-0.2, 0) is 19.4 Å². The van der Waals surface area contributed by atoms with Crippen molar-refractivity contribution in [2.45, 2.75) is 32.2 Å². The number of benzene rings is 3. The molecule has 0 saturated carbocycles. The van der Waals surface area contributed by atoms with Gasteiger partial charge in [-0.15, -0.1) is 0 Å². The fraction of sp³-hybridized carbons (Fsp3) is 0.167. The smallest absolute Gasteiger partial charge is 0.290 e. The molecule has 2 heterocycles. The van der Waals surface area contributed by atoms with E-state index in [1.54, 1.807) is 0 Å². The van der Waals surface area contributed by atoms with Gasteiger partial charge in [0, 0.05) is 23.1 Å². The van der Waals surface area contributed by atoms with Gasteiger partial charge in [-0.25, -0.2) is 9.55 Å². The van der Waals surface area contributed by atoms with Gasteiger partial charge in [0.2, 0.25) is 0 Å². The van der Waals surface area contributed by atoms with E-state index in [2.05, 4.69) is 101 Å². The molecular weight excluding hydrogens is 402 g/mol. The zero-order valence-corrected chi connectivity index (χ0v) is 18.7. The predicted octanol–water partition coefficient (Wildman–Crippen LogP) is 6.30. The highest BCUT2D eigenvalue weighted by molar-refractivity contribution is 6.08. The maximum Gasteiger partial charge on any atom is 0.290 e. The second-order valence-corrected chi connectivity index (χ2v) is 8.95. The first-order valence-electron chi connectivity index (χ1n) is 11.8. The maximum atomic E-state index is 7.00. The first-order chi connectivity index (χ1) is 16.3. The average Bonchev–Trinajstić information content (AvgIpc) is 3.20. The van der Waals surface area contributed by atoms with E-state index in [0.717, 1.165) is 36.1 Å². The largest absolute Gasteiger partial charge is 0.398 e. The van der Waals surface area contributed by atoms with Crippen molar-refractivity contribution in [2.24, 2.45) is 0 Å². The molecule has 1 aliphatic carbocycles. The average molecular weight is 431 g/mol. The molecule has 0 unspecified atom stereocenters. The quantitative estimate of drug-likeness (QED) is 0.357. The Balaban J connectivity index is 1.75. The summed E-state index contributed by atoms with van der Waals surface area (Å²) in [6.45, 7) is 0.781. The number of pyridine rings is 1. The summed E-state index contributed by atoms with van der Waals surface area (Å²) in [6.07, 6.45) is 4.53. The Bertz CT molecular complexity index is 1420. The summed E-state index contributed by atoms with van der Waals surface area (Å²) in [7, 11) is 0. The molecule has 1 aliphatic rings. The number of nitrogens with one attached hydrogen (secondary N) is 1. The van der Waals surface area contributed by atoms with E-state index in [9.17, 15) is 0 Å². The van der Waals surface area contributed by atoms with Crippen molar-refractivity contribution in [3.05, 3.63) is 108 Å². The summed E-state index contributed by atoms with van der Waals surface area (Å²) in [5.41, 5.74) is 17.8. The van der Waals surface area contributed by atoms with Crippen LogP contribution >= 0.6 is 0 Å². The number of rotatable bonds is 4. The number of aromatic amines is 1. The summed E-state index contributed by atoms with van der Waals surface area (Å²) in [4.78, 5) is 3.86. The summed E-state index contributed by atoms with van der Waals surface area (Å²) >= 11 is 0. The van der Waals surface area contributed by atoms with Gasteiger partial charge in [-0.05, 0) is 30.4 Å². The third-order valence-corrected chi connectivity index (χ3v) is 6.89. The van der Waals surface area contributed by atoms with Gasteiger partial charge in [0.05, 0.1) is 11.1 Å². The van der Waals surface area contributed by atoms with E-state index in [-0.39, 0.29) is 0 Å². The van der Waals surface area contributed by atoms with E-state index in [0.29, 0.717) is 0 Å². The molecule has 3 aromatic carbocycles. The molecular formula is C30H28N3+. The van der Waals surface area contributed by atoms with Gasteiger partial charge < -0.3 is 5.73 Å². The summed E-state index contributed by atoms with van der Waals surface area (Å²) in [5.74, 6) is 0. The minimum absolute atomic E-state index is 0.781. The number of nitrogen functional groups attached to an aromatic ring is 1. The van der Waals surface area contributed by atoms with Crippen LogP contribution < -0.4 is 10.7 Å². The molecule has 0 spiro atoms. The molecule has 6 rings (SSSR count). The van der Waals surface area contributed by atoms with Gasteiger partial charge in [0.1, 0.15) is 17.9 Å². The van der Waals surface area contributed by atoms with Gasteiger partial charge in [0.25, 0.3) is 5.65 Å². The third-order valence-electron chi connectivity index (χ3n) is 6.89. The van der Waals surface area contributed by atoms with Crippen molar-refractivity contribution in [3.63, 3.8) is 0 Å². The third kappa shape index (κ3) is 3.41. The molecule has 0 fully saturated rings. The monoisotopic (exact) mass is 430 g/mol. The number of nitrogens with two attached hydrogens (primary N) is 1. The van der Waals surface area contributed by atoms with Gasteiger partial charge in [-0.2, -0.15) is 0 Å². The zero-order chi connectivity index (χ0) is 22.2. The Kier molecular flexibility index (Phi) is 4.95. The summed E-state index contributed by atoms with van der Waals surface area (Å²) < 4.78 is 2.44. The van der Waals surface area contributed by atoms with Gasteiger partial charge in [0.15, 0.2) is 0 Å². The molecule has 0 saturated heterocycles. The number of nitrogens with zero attached hydrogens (tertiary/aromatic N) is 1. The first-order valence-corrected chi connectivity index (χ1v) is 11.8. The van der Waals surface area contributed by atoms with Gasteiger partial charge in [-0.1, -0.05) is 91.0 Å². The number of aromatic nitrogens is 2. The number of anilines is 1. The number of hydrogen-bond acceptors (Lipinski definition) is 1. The Labute approximate surface area is 194 Å². The second kappa shape index (κ2) is 8.25. The van der Waals surface area contributed by atoms with Crippen LogP contribution in [0, 0.1) is 0 Å². The fourth-order valence-electron chi connectivity index (χ4n) is 5.35. The normalized spacial score (nSPS) is 13.2. The van der Waals surface area contributed by atoms with Crippen molar-refractivity contribution in [1.29, 1.82) is 0 Å². The highest BCUT2D eigenvalue weighted by Crippen LogP contribution is 2.44. The van der Waals surface area contributed by atoms with E-state index in [1.165, 1.54) is 52.0 Å². The molecule has 0 bridgehead atoms. The van der Waals surface area contributed by atoms with E-state index < -0.39 is 0 Å². The summed E-state index contributed by atoms with van der Waals surface area (Å²) in [5, 5.41) is 1.15. The van der Waals surface area contributed by atoms with E-state index in [4.69, 9.17) is 5.73 Å². The van der Waals surface area contributed by atoms with E-state index >= 15 is 0 Å². The minimum atomic E-state index is 0.781. The summed E-state index contributed by atoms with van der Waals surface area (Å²) in [6, 6.07) is 32.1. The molecule has 0 amide bonds. The lowest BCUT2D eigenvalue weighted by atomic mass is 9.91. The fourth-order valence-corrected chi connectivity index (χ4v) is 5.35. The molecule has 3 heteroatoms. The van der Waals surface area contributed by atoms with Crippen molar-refractivity contribution >= 4 is 16.7 Å². The minimum Gasteiger partial charge on any atom is -0.398 e. The van der Waals surface area contributed by atoms with E-state index in [1.807, 2.05) is 0 Å². The maximum absolute atomic E-state index is 7.00. The van der Waals surface area contributed by atoms with Gasteiger partial charge in [-0.3, -0.25) is 0 Å². The lowest BCUT2D eigenvalue weighted by Crippen LogP contribution is -2.23. The van der Waals surface area contributed by atoms with Crippen LogP contribution in [0.4, 0.5) is 5.69 Å². The lowest BCUT2D eigenvalue weighted by molar-refractivity contribution is -0.363. The van der Waals surface area contributed by atoms with Crippen molar-refractivity contribution in [3.8, 4) is 22.4 Å². The Hall–Kier alpha value is -3.85. The number of fused-ring (bicyclic) bond motifs is 2. The number of hydrogen-bond donors (Lipinski definition) is 1. The Morgan fingerprint density at radius 3 is 2.03 bits per heavy atom. The van der Waals surface area contributed by atoms with Crippen LogP contribution in [0.1, 0.15) is 29.7 Å². The molecule has 0 atom stereocenters. The molecule has 5 aromatic rings. The molecule has 33 heavy (non-hydrogen) atoms. The molecule has 3 nitrogen and oxygen atoms in total. The Morgan fingerprint density at radius 2 is 1.33 bits per heavy atom. The Morgan fingerprint density at radius 1 is 0.727 bits per heavy atom.